The third kappa shape index (κ3) is 8.10. The molecule has 0 aliphatic heterocycles. The Morgan fingerprint density at radius 1 is 1.16 bits per heavy atom. The first-order valence-corrected chi connectivity index (χ1v) is 14.6. The Morgan fingerprint density at radius 2 is 1.94 bits per heavy atom. The summed E-state index contributed by atoms with van der Waals surface area (Å²) >= 11 is 1.58. The molecule has 0 aliphatic carbocycles. The molecule has 1 aromatic carbocycles. The van der Waals surface area contributed by atoms with Crippen LogP contribution in [-0.4, -0.2) is 52.0 Å². The van der Waals surface area contributed by atoms with Crippen molar-refractivity contribution in [2.24, 2.45) is 5.92 Å². The largest absolute Gasteiger partial charge is 0.489 e. The average Bonchev–Trinajstić information content (AvgIpc) is 3.25. The zero-order valence-corrected chi connectivity index (χ0v) is 20.2. The molecule has 0 bridgehead atoms. The number of thiophene rings is 1. The first kappa shape index (κ1) is 25.1. The van der Waals surface area contributed by atoms with Crippen molar-refractivity contribution in [2.45, 2.75) is 32.3 Å². The molecule has 0 saturated carbocycles. The lowest BCUT2D eigenvalue weighted by atomic mass is 9.97. The number of aliphatic hydroxyl groups is 1. The summed E-state index contributed by atoms with van der Waals surface area (Å²) < 4.78 is 21.7. The molecule has 0 radical (unpaired) electrons. The molecule has 7 nitrogen and oxygen atoms in total. The van der Waals surface area contributed by atoms with Crippen molar-refractivity contribution in [1.29, 1.82) is 0 Å². The molecule has 0 aliphatic rings. The van der Waals surface area contributed by atoms with E-state index in [0.717, 1.165) is 11.6 Å². The summed E-state index contributed by atoms with van der Waals surface area (Å²) in [7, 11) is -0.0610. The Balaban J connectivity index is 2.15. The van der Waals surface area contributed by atoms with Gasteiger partial charge in [0.1, 0.15) is 24.0 Å². The van der Waals surface area contributed by atoms with Gasteiger partial charge >= 0.3 is 5.97 Å². The molecule has 0 saturated heterocycles. The normalized spacial score (nSPS) is 12.3. The Bertz CT molecular complexity index is 846. The summed E-state index contributed by atoms with van der Waals surface area (Å²) in [5, 5.41) is 13.5. The van der Waals surface area contributed by atoms with Crippen molar-refractivity contribution in [3.8, 4) is 11.5 Å². The second-order valence-electron chi connectivity index (χ2n) is 8.18. The average molecular weight is 467 g/mol. The van der Waals surface area contributed by atoms with Gasteiger partial charge in [0.25, 0.3) is 0 Å². The van der Waals surface area contributed by atoms with Crippen LogP contribution < -0.4 is 9.47 Å². The van der Waals surface area contributed by atoms with E-state index in [1.165, 1.54) is 13.2 Å². The minimum Gasteiger partial charge on any atom is -0.489 e. The van der Waals surface area contributed by atoms with Crippen molar-refractivity contribution in [1.82, 2.24) is 0 Å². The van der Waals surface area contributed by atoms with Crippen LogP contribution in [0.1, 0.15) is 15.9 Å². The third-order valence-electron chi connectivity index (χ3n) is 4.48. The number of hydrogen-bond acceptors (Lipinski definition) is 8. The van der Waals surface area contributed by atoms with E-state index in [-0.39, 0.29) is 18.1 Å². The highest BCUT2D eigenvalue weighted by atomic mass is 32.1. The summed E-state index contributed by atoms with van der Waals surface area (Å²) in [5.74, 6) is -1.97. The van der Waals surface area contributed by atoms with Gasteiger partial charge in [-0.1, -0.05) is 19.6 Å². The van der Waals surface area contributed by atoms with Crippen LogP contribution in [0.25, 0.3) is 0 Å². The molecule has 1 N–H and O–H groups in total. The van der Waals surface area contributed by atoms with Crippen molar-refractivity contribution in [3.63, 3.8) is 0 Å². The fraction of sp³-hybridized carbons (Fsp3) is 0.455. The topological polar surface area (TPSA) is 91.3 Å². The van der Waals surface area contributed by atoms with Gasteiger partial charge in [-0.15, -0.1) is 0 Å². The van der Waals surface area contributed by atoms with E-state index in [9.17, 15) is 14.7 Å². The molecule has 0 fully saturated rings. The zero-order valence-electron chi connectivity index (χ0n) is 18.4. The number of aliphatic hydroxyl groups excluding tert-OH is 1. The number of ether oxygens (including phenoxy) is 4. The molecule has 170 valence electrons. The van der Waals surface area contributed by atoms with Crippen molar-refractivity contribution in [2.75, 3.05) is 27.1 Å². The van der Waals surface area contributed by atoms with Gasteiger partial charge in [0.15, 0.2) is 12.6 Å². The summed E-state index contributed by atoms with van der Waals surface area (Å²) in [4.78, 5) is 24.7. The van der Waals surface area contributed by atoms with Crippen LogP contribution in [0.4, 0.5) is 0 Å². The highest BCUT2D eigenvalue weighted by Crippen LogP contribution is 2.28. The quantitative estimate of drug-likeness (QED) is 0.119. The van der Waals surface area contributed by atoms with Crippen LogP contribution in [0.2, 0.25) is 25.7 Å². The highest BCUT2D eigenvalue weighted by Gasteiger charge is 2.30. The van der Waals surface area contributed by atoms with Crippen molar-refractivity contribution < 1.29 is 33.6 Å². The lowest BCUT2D eigenvalue weighted by Gasteiger charge is -2.17. The van der Waals surface area contributed by atoms with Gasteiger partial charge in [0.05, 0.1) is 19.3 Å². The number of benzene rings is 1. The van der Waals surface area contributed by atoms with E-state index < -0.39 is 32.4 Å². The number of carbonyl (C=O) groups excluding carboxylic acids is 2. The molecule has 31 heavy (non-hydrogen) atoms. The molecule has 1 aromatic heterocycles. The smallest absolute Gasteiger partial charge is 0.318 e. The van der Waals surface area contributed by atoms with Crippen LogP contribution in [-0.2, 0) is 20.9 Å². The molecule has 2 rings (SSSR count). The van der Waals surface area contributed by atoms with E-state index in [2.05, 4.69) is 24.4 Å². The maximum Gasteiger partial charge on any atom is 0.318 e. The Labute approximate surface area is 187 Å². The van der Waals surface area contributed by atoms with Gasteiger partial charge in [-0.25, -0.2) is 0 Å². The lowest BCUT2D eigenvalue weighted by molar-refractivity contribution is -0.144. The lowest BCUT2D eigenvalue weighted by Crippen LogP contribution is -2.29. The fourth-order valence-electron chi connectivity index (χ4n) is 2.59. The van der Waals surface area contributed by atoms with Crippen LogP contribution in [0.5, 0.6) is 11.5 Å². The van der Waals surface area contributed by atoms with Crippen molar-refractivity contribution >= 4 is 31.2 Å². The molecule has 2 aromatic rings. The van der Waals surface area contributed by atoms with Gasteiger partial charge in [-0.2, -0.15) is 11.3 Å². The van der Waals surface area contributed by atoms with Gasteiger partial charge in [-0.3, -0.25) is 9.59 Å². The van der Waals surface area contributed by atoms with E-state index in [0.29, 0.717) is 19.0 Å². The molecular weight excluding hydrogens is 436 g/mol. The van der Waals surface area contributed by atoms with Crippen LogP contribution in [0.15, 0.2) is 35.0 Å². The van der Waals surface area contributed by atoms with Gasteiger partial charge in [0.2, 0.25) is 0 Å². The molecule has 1 unspecified atom stereocenters. The van der Waals surface area contributed by atoms with Crippen LogP contribution >= 0.6 is 11.3 Å². The summed E-state index contributed by atoms with van der Waals surface area (Å²) in [5.41, 5.74) is 1.19. The summed E-state index contributed by atoms with van der Waals surface area (Å²) in [6, 6.07) is 7.70. The zero-order chi connectivity index (χ0) is 22.9. The van der Waals surface area contributed by atoms with E-state index in [1.54, 1.807) is 23.5 Å². The SMILES string of the molecule is COC(=O)C(CO)C(=O)c1ccc(OCc2ccsc2)cc1OCOCC[Si](C)(C)C. The number of rotatable bonds is 13. The minimum absolute atomic E-state index is 0.0409. The third-order valence-corrected chi connectivity index (χ3v) is 6.92. The van der Waals surface area contributed by atoms with Crippen LogP contribution in [0.3, 0.4) is 0 Å². The predicted octanol–water partition coefficient (Wildman–Crippen LogP) is 3.98. The second-order valence-corrected chi connectivity index (χ2v) is 14.6. The molecule has 0 amide bonds. The number of esters is 1. The number of ketones is 1. The minimum atomic E-state index is -1.32. The van der Waals surface area contributed by atoms with Gasteiger partial charge < -0.3 is 24.1 Å². The molecule has 9 heteroatoms. The van der Waals surface area contributed by atoms with Crippen LogP contribution in [0, 0.1) is 5.92 Å². The first-order valence-electron chi connectivity index (χ1n) is 9.96. The van der Waals surface area contributed by atoms with E-state index in [4.69, 9.17) is 14.2 Å². The standard InChI is InChI=1S/C22H30O7SSi/c1-26-22(25)19(12-23)21(24)18-6-5-17(28-13-16-7-9-30-14-16)11-20(18)29-15-27-8-10-31(2,3)4/h5-7,9,11,14,19,23H,8,10,12-13,15H2,1-4H3. The maximum atomic E-state index is 12.9. The fourth-order valence-corrected chi connectivity index (χ4v) is 4.00. The summed E-state index contributed by atoms with van der Waals surface area (Å²) in [6.07, 6.45) is 0. The second kappa shape index (κ2) is 12.0. The first-order chi connectivity index (χ1) is 14.7. The number of carbonyl (C=O) groups is 2. The summed E-state index contributed by atoms with van der Waals surface area (Å²) in [6.45, 7) is 7.01. The number of Topliss-reactive ketones (excluding diaryl/α,β-unsaturated/α-hetero) is 1. The molecule has 1 heterocycles. The predicted molar refractivity (Wildman–Crippen MR) is 122 cm³/mol. The van der Waals surface area contributed by atoms with Gasteiger partial charge in [0, 0.05) is 20.7 Å². The number of hydrogen-bond donors (Lipinski definition) is 1. The van der Waals surface area contributed by atoms with Crippen molar-refractivity contribution in [3.05, 3.63) is 46.2 Å². The Kier molecular flexibility index (Phi) is 9.69. The Hall–Kier alpha value is -2.20. The molecule has 1 atom stereocenters. The molecular formula is C22H30O7SSi. The number of methoxy groups -OCH3 is 1. The highest BCUT2D eigenvalue weighted by molar-refractivity contribution is 7.07. The maximum absolute atomic E-state index is 12.9. The van der Waals surface area contributed by atoms with E-state index in [1.807, 2.05) is 16.8 Å². The monoisotopic (exact) mass is 466 g/mol. The molecule has 0 spiro atoms. The van der Waals surface area contributed by atoms with E-state index >= 15 is 0 Å². The Morgan fingerprint density at radius 3 is 2.55 bits per heavy atom. The van der Waals surface area contributed by atoms with Gasteiger partial charge in [-0.05, 0) is 40.6 Å².